The molecule has 0 radical (unpaired) electrons. The summed E-state index contributed by atoms with van der Waals surface area (Å²) in [5.41, 5.74) is 0.975. The number of hydrogen-bond acceptors (Lipinski definition) is 5. The second-order valence-electron chi connectivity index (χ2n) is 13.5. The summed E-state index contributed by atoms with van der Waals surface area (Å²) in [6, 6.07) is 42.9. The number of fused-ring (bicyclic) bond motifs is 1. The number of nitrogens with zero attached hydrogens (tertiary/aromatic N) is 2. The number of imidazole rings is 1. The highest BCUT2D eigenvalue weighted by atomic mass is 16.7. The van der Waals surface area contributed by atoms with E-state index in [2.05, 4.69) is 77.4 Å². The molecule has 1 aromatic heterocycles. The van der Waals surface area contributed by atoms with Gasteiger partial charge in [0.15, 0.2) is 0 Å². The first-order valence-electron chi connectivity index (χ1n) is 16.3. The lowest BCUT2D eigenvalue weighted by atomic mass is 9.75. The van der Waals surface area contributed by atoms with Crippen LogP contribution in [0.3, 0.4) is 0 Å². The zero-order chi connectivity index (χ0) is 33.9. The second-order valence-corrected chi connectivity index (χ2v) is 13.5. The molecule has 0 aliphatic heterocycles. The van der Waals surface area contributed by atoms with Gasteiger partial charge in [0, 0.05) is 12.4 Å². The third-order valence-corrected chi connectivity index (χ3v) is 9.03. The van der Waals surface area contributed by atoms with E-state index < -0.39 is 16.6 Å². The molecule has 0 spiro atoms. The van der Waals surface area contributed by atoms with Gasteiger partial charge in [-0.05, 0) is 77.9 Å². The van der Waals surface area contributed by atoms with Gasteiger partial charge in [-0.3, -0.25) is 4.79 Å². The number of aliphatic hydroxyl groups is 1. The molecule has 5 aromatic carbocycles. The van der Waals surface area contributed by atoms with Crippen LogP contribution >= 0.6 is 0 Å². The van der Waals surface area contributed by atoms with Crippen molar-refractivity contribution in [1.29, 1.82) is 0 Å². The van der Waals surface area contributed by atoms with E-state index in [-0.39, 0.29) is 18.7 Å². The second kappa shape index (κ2) is 13.1. The van der Waals surface area contributed by atoms with Gasteiger partial charge >= 0.3 is 5.97 Å². The van der Waals surface area contributed by atoms with Crippen molar-refractivity contribution >= 4 is 16.7 Å². The molecule has 0 saturated carbocycles. The molecule has 6 nitrogen and oxygen atoms in total. The first-order valence-corrected chi connectivity index (χ1v) is 16.3. The lowest BCUT2D eigenvalue weighted by Crippen LogP contribution is -2.44. The number of aromatic nitrogens is 2. The first kappa shape index (κ1) is 32.7. The van der Waals surface area contributed by atoms with E-state index in [0.717, 1.165) is 33.0 Å². The number of carbonyl (C=O) groups is 1. The van der Waals surface area contributed by atoms with Crippen LogP contribution in [0.1, 0.15) is 62.7 Å². The maximum Gasteiger partial charge on any atom is 0.314 e. The van der Waals surface area contributed by atoms with Gasteiger partial charge in [0.1, 0.15) is 22.7 Å². The highest BCUT2D eigenvalue weighted by Crippen LogP contribution is 2.46. The van der Waals surface area contributed by atoms with Gasteiger partial charge in [0.25, 0.3) is 0 Å². The third kappa shape index (κ3) is 5.88. The zero-order valence-corrected chi connectivity index (χ0v) is 28.1. The Labute approximate surface area is 282 Å². The van der Waals surface area contributed by atoms with Crippen LogP contribution in [0.25, 0.3) is 10.8 Å². The lowest BCUT2D eigenvalue weighted by Gasteiger charge is -2.42. The molecule has 1 heterocycles. The number of rotatable bonds is 10. The summed E-state index contributed by atoms with van der Waals surface area (Å²) in [4.78, 5) is 17.1. The summed E-state index contributed by atoms with van der Waals surface area (Å²) in [5, 5.41) is 14.9. The van der Waals surface area contributed by atoms with Gasteiger partial charge in [-0.1, -0.05) is 123 Å². The van der Waals surface area contributed by atoms with Gasteiger partial charge in [-0.2, -0.15) is 0 Å². The molecule has 0 aliphatic rings. The molecule has 6 heteroatoms. The SMILES string of the molecule is CC(C)C(O)(c1ccc2cc(OCOC(=O)C(C)(C)C)ccc2c1)c1nccn1C(c1ccccc1)(c1ccccc1)c1ccccc1. The molecule has 6 rings (SSSR count). The van der Waals surface area contributed by atoms with E-state index >= 15 is 0 Å². The van der Waals surface area contributed by atoms with Crippen molar-refractivity contribution in [3.63, 3.8) is 0 Å². The van der Waals surface area contributed by atoms with Crippen molar-refractivity contribution in [1.82, 2.24) is 9.55 Å². The van der Waals surface area contributed by atoms with Crippen LogP contribution in [0.4, 0.5) is 0 Å². The molecule has 48 heavy (non-hydrogen) atoms. The van der Waals surface area contributed by atoms with E-state index in [0.29, 0.717) is 11.6 Å². The molecular formula is C42H42N2O4. The first-order chi connectivity index (χ1) is 23.1. The smallest absolute Gasteiger partial charge is 0.314 e. The highest BCUT2D eigenvalue weighted by molar-refractivity contribution is 5.85. The largest absolute Gasteiger partial charge is 0.457 e. The Balaban J connectivity index is 1.47. The summed E-state index contributed by atoms with van der Waals surface area (Å²) < 4.78 is 13.2. The normalized spacial score (nSPS) is 13.3. The molecule has 0 amide bonds. The van der Waals surface area contributed by atoms with Crippen LogP contribution in [0.5, 0.6) is 5.75 Å². The number of ether oxygens (including phenoxy) is 2. The minimum atomic E-state index is -1.46. The predicted molar refractivity (Wildman–Crippen MR) is 190 cm³/mol. The molecule has 0 fully saturated rings. The summed E-state index contributed by atoms with van der Waals surface area (Å²) in [6.07, 6.45) is 3.76. The van der Waals surface area contributed by atoms with E-state index in [1.807, 2.05) is 74.6 Å². The average molecular weight is 639 g/mol. The van der Waals surface area contributed by atoms with Crippen molar-refractivity contribution in [3.05, 3.63) is 168 Å². The number of benzene rings is 5. The Morgan fingerprint density at radius 3 is 1.77 bits per heavy atom. The minimum Gasteiger partial charge on any atom is -0.457 e. The molecular weight excluding hydrogens is 596 g/mol. The van der Waals surface area contributed by atoms with Crippen LogP contribution in [0, 0.1) is 11.3 Å². The van der Waals surface area contributed by atoms with Gasteiger partial charge < -0.3 is 19.1 Å². The van der Waals surface area contributed by atoms with Crippen LogP contribution in [0.15, 0.2) is 140 Å². The molecule has 1 N–H and O–H groups in total. The Kier molecular flexibility index (Phi) is 8.95. The van der Waals surface area contributed by atoms with Crippen molar-refractivity contribution in [2.45, 2.75) is 45.8 Å². The van der Waals surface area contributed by atoms with Gasteiger partial charge in [-0.25, -0.2) is 4.98 Å². The van der Waals surface area contributed by atoms with E-state index in [1.165, 1.54) is 0 Å². The van der Waals surface area contributed by atoms with E-state index in [9.17, 15) is 9.90 Å². The maximum atomic E-state index is 13.0. The Morgan fingerprint density at radius 1 is 0.729 bits per heavy atom. The summed E-state index contributed by atoms with van der Waals surface area (Å²) in [6.45, 7) is 9.29. The van der Waals surface area contributed by atoms with Gasteiger partial charge in [0.2, 0.25) is 6.79 Å². The van der Waals surface area contributed by atoms with Crippen LogP contribution < -0.4 is 4.74 Å². The van der Waals surface area contributed by atoms with Crippen molar-refractivity contribution in [3.8, 4) is 5.75 Å². The molecule has 0 bridgehead atoms. The lowest BCUT2D eigenvalue weighted by molar-refractivity contribution is -0.159. The van der Waals surface area contributed by atoms with Gasteiger partial charge in [0.05, 0.1) is 5.41 Å². The topological polar surface area (TPSA) is 73.6 Å². The number of carbonyl (C=O) groups excluding carboxylic acids is 1. The molecule has 1 unspecified atom stereocenters. The standard InChI is InChI=1S/C42H42N2O4/c1-30(2)42(46,36-23-21-32-28-37(24-22-31(32)27-36)47-29-48-39(45)40(3,4)5)38-43-25-26-44(38)41(33-15-9-6-10-16-33,34-17-11-7-12-18-34)35-19-13-8-14-20-35/h6-28,30,46H,29H2,1-5H3. The predicted octanol–water partition coefficient (Wildman–Crippen LogP) is 8.69. The fourth-order valence-electron chi connectivity index (χ4n) is 6.45. The average Bonchev–Trinajstić information content (AvgIpc) is 3.59. The third-order valence-electron chi connectivity index (χ3n) is 9.03. The number of esters is 1. The molecule has 0 aliphatic carbocycles. The summed E-state index contributed by atoms with van der Waals surface area (Å²) >= 11 is 0. The quantitative estimate of drug-likeness (QED) is 0.0923. The van der Waals surface area contributed by atoms with Crippen molar-refractivity contribution < 1.29 is 19.4 Å². The molecule has 244 valence electrons. The Morgan fingerprint density at radius 2 is 1.25 bits per heavy atom. The van der Waals surface area contributed by atoms with Crippen molar-refractivity contribution in [2.24, 2.45) is 11.3 Å². The number of hydrogen-bond donors (Lipinski definition) is 1. The summed E-state index contributed by atoms with van der Waals surface area (Å²) in [5.74, 6) is 0.560. The van der Waals surface area contributed by atoms with E-state index in [1.54, 1.807) is 27.0 Å². The van der Waals surface area contributed by atoms with Crippen LogP contribution in [0.2, 0.25) is 0 Å². The zero-order valence-electron chi connectivity index (χ0n) is 28.1. The van der Waals surface area contributed by atoms with Crippen LogP contribution in [-0.4, -0.2) is 27.4 Å². The fourth-order valence-corrected chi connectivity index (χ4v) is 6.45. The van der Waals surface area contributed by atoms with Gasteiger partial charge in [-0.15, -0.1) is 0 Å². The monoisotopic (exact) mass is 638 g/mol. The maximum absolute atomic E-state index is 13.0. The van der Waals surface area contributed by atoms with Crippen LogP contribution in [-0.2, 0) is 20.7 Å². The molecule has 1 atom stereocenters. The molecule has 0 saturated heterocycles. The summed E-state index contributed by atoms with van der Waals surface area (Å²) in [7, 11) is 0. The van der Waals surface area contributed by atoms with E-state index in [4.69, 9.17) is 14.5 Å². The van der Waals surface area contributed by atoms with Crippen molar-refractivity contribution in [2.75, 3.05) is 6.79 Å². The fraction of sp³-hybridized carbons (Fsp3) is 0.238. The highest BCUT2D eigenvalue weighted by Gasteiger charge is 2.46. The Hall–Kier alpha value is -5.20. The minimum absolute atomic E-state index is 0.165. The Bertz CT molecular complexity index is 1900. The molecule has 6 aromatic rings.